The second-order valence-corrected chi connectivity index (χ2v) is 4.43. The largest absolute Gasteiger partial charge is 0.440 e. The molecule has 0 fully saturated rings. The number of nitrogens with zero attached hydrogens (tertiary/aromatic N) is 3. The fraction of sp³-hybridized carbons (Fsp3) is 0.500. The minimum atomic E-state index is 0.288. The molecule has 0 aliphatic heterocycles. The average Bonchev–Trinajstić information content (AvgIpc) is 2.42. The van der Waals surface area contributed by atoms with E-state index in [1.807, 2.05) is 32.1 Å². The molecule has 0 aromatic carbocycles. The van der Waals surface area contributed by atoms with Gasteiger partial charge in [0.1, 0.15) is 5.76 Å². The molecule has 0 unspecified atom stereocenters. The van der Waals surface area contributed by atoms with Gasteiger partial charge in [-0.1, -0.05) is 6.08 Å². The van der Waals surface area contributed by atoms with E-state index in [2.05, 4.69) is 30.1 Å². The Morgan fingerprint density at radius 2 is 2.10 bits per heavy atom. The molecule has 0 atom stereocenters. The van der Waals surface area contributed by atoms with Crippen LogP contribution in [0, 0.1) is 11.3 Å². The standard InChI is InChI=1S/C16H25N3O/c1-5-15(11-8-7-9-14-19(3)4)20-16(18-6-2)12-10-13-17/h5-6,8,11-12H,7,9-10,14H2,1-4H3/b11-8-,15-5+,16-12+,18-6-. The second-order valence-electron chi connectivity index (χ2n) is 4.43. The molecule has 0 aliphatic rings. The van der Waals surface area contributed by atoms with Crippen LogP contribution in [0.25, 0.3) is 0 Å². The summed E-state index contributed by atoms with van der Waals surface area (Å²) in [4.78, 5) is 6.26. The van der Waals surface area contributed by atoms with Gasteiger partial charge in [-0.05, 0) is 65.6 Å². The molecule has 0 saturated carbocycles. The van der Waals surface area contributed by atoms with Crippen molar-refractivity contribution < 1.29 is 4.74 Å². The lowest BCUT2D eigenvalue weighted by atomic mass is 10.2. The van der Waals surface area contributed by atoms with E-state index in [4.69, 9.17) is 10.00 Å². The number of ether oxygens (including phenoxy) is 1. The van der Waals surface area contributed by atoms with Crippen LogP contribution in [0.1, 0.15) is 33.1 Å². The van der Waals surface area contributed by atoms with Crippen molar-refractivity contribution in [2.45, 2.75) is 33.1 Å². The van der Waals surface area contributed by atoms with Crippen LogP contribution in [-0.4, -0.2) is 31.8 Å². The number of hydrogen-bond acceptors (Lipinski definition) is 4. The molecule has 20 heavy (non-hydrogen) atoms. The maximum Gasteiger partial charge on any atom is 0.215 e. The van der Waals surface area contributed by atoms with E-state index in [1.54, 1.807) is 12.3 Å². The predicted octanol–water partition coefficient (Wildman–Crippen LogP) is 3.65. The van der Waals surface area contributed by atoms with Crippen molar-refractivity contribution in [1.29, 1.82) is 5.26 Å². The number of hydrogen-bond donors (Lipinski definition) is 0. The first kappa shape index (κ1) is 18.1. The monoisotopic (exact) mass is 275 g/mol. The van der Waals surface area contributed by atoms with Crippen molar-refractivity contribution in [2.24, 2.45) is 4.99 Å². The Kier molecular flexibility index (Phi) is 11.1. The molecule has 0 aromatic heterocycles. The number of rotatable bonds is 9. The third kappa shape index (κ3) is 10.1. The van der Waals surface area contributed by atoms with E-state index in [9.17, 15) is 0 Å². The zero-order chi connectivity index (χ0) is 15.2. The van der Waals surface area contributed by atoms with Crippen molar-refractivity contribution >= 4 is 6.21 Å². The van der Waals surface area contributed by atoms with Crippen LogP contribution in [-0.2, 0) is 4.74 Å². The third-order valence-electron chi connectivity index (χ3n) is 2.39. The smallest absolute Gasteiger partial charge is 0.215 e. The first-order valence-electron chi connectivity index (χ1n) is 6.85. The third-order valence-corrected chi connectivity index (χ3v) is 2.39. The maximum absolute atomic E-state index is 8.59. The Bertz CT molecular complexity index is 412. The number of unbranched alkanes of at least 4 members (excludes halogenated alkanes) is 1. The Balaban J connectivity index is 4.39. The average molecular weight is 275 g/mol. The molecule has 0 aromatic rings. The number of nitriles is 1. The van der Waals surface area contributed by atoms with Gasteiger partial charge in [0.15, 0.2) is 0 Å². The SMILES string of the molecule is C/C=N\C(=C/CC#N)OC(/C=C\CCCN(C)C)=C/C. The lowest BCUT2D eigenvalue weighted by molar-refractivity contribution is 0.315. The minimum absolute atomic E-state index is 0.288. The van der Waals surface area contributed by atoms with Gasteiger partial charge in [-0.15, -0.1) is 0 Å². The topological polar surface area (TPSA) is 48.6 Å². The van der Waals surface area contributed by atoms with Gasteiger partial charge in [-0.25, -0.2) is 4.99 Å². The summed E-state index contributed by atoms with van der Waals surface area (Å²) in [5, 5.41) is 8.59. The van der Waals surface area contributed by atoms with Crippen LogP contribution in [0.4, 0.5) is 0 Å². The van der Waals surface area contributed by atoms with Crippen LogP contribution in [0.15, 0.2) is 40.9 Å². The summed E-state index contributed by atoms with van der Waals surface area (Å²) in [6.45, 7) is 4.80. The predicted molar refractivity (Wildman–Crippen MR) is 84.2 cm³/mol. The van der Waals surface area contributed by atoms with Gasteiger partial charge in [0.05, 0.1) is 12.5 Å². The molecule has 0 rings (SSSR count). The van der Waals surface area contributed by atoms with Crippen molar-refractivity contribution in [2.75, 3.05) is 20.6 Å². The van der Waals surface area contributed by atoms with Crippen molar-refractivity contribution in [3.05, 3.63) is 35.9 Å². The highest BCUT2D eigenvalue weighted by Gasteiger charge is 1.98. The van der Waals surface area contributed by atoms with Gasteiger partial charge in [-0.3, -0.25) is 0 Å². The Morgan fingerprint density at radius 1 is 1.35 bits per heavy atom. The van der Waals surface area contributed by atoms with Crippen LogP contribution in [0.3, 0.4) is 0 Å². The van der Waals surface area contributed by atoms with E-state index in [0.717, 1.165) is 25.1 Å². The summed E-state index contributed by atoms with van der Waals surface area (Å²) >= 11 is 0. The summed E-state index contributed by atoms with van der Waals surface area (Å²) in [6.07, 6.45) is 11.7. The van der Waals surface area contributed by atoms with Crippen molar-refractivity contribution in [1.82, 2.24) is 4.90 Å². The Labute approximate surface area is 122 Å². The van der Waals surface area contributed by atoms with Gasteiger partial charge in [0.25, 0.3) is 0 Å². The molecule has 4 nitrogen and oxygen atoms in total. The van der Waals surface area contributed by atoms with Gasteiger partial charge >= 0.3 is 0 Å². The van der Waals surface area contributed by atoms with E-state index in [0.29, 0.717) is 5.88 Å². The highest BCUT2D eigenvalue weighted by molar-refractivity contribution is 5.54. The molecule has 0 bridgehead atoms. The van der Waals surface area contributed by atoms with E-state index < -0.39 is 0 Å². The summed E-state index contributed by atoms with van der Waals surface area (Å²) in [5.41, 5.74) is 0. The van der Waals surface area contributed by atoms with Gasteiger partial charge in [0, 0.05) is 6.21 Å². The van der Waals surface area contributed by atoms with E-state index >= 15 is 0 Å². The highest BCUT2D eigenvalue weighted by atomic mass is 16.5. The zero-order valence-electron chi connectivity index (χ0n) is 13.0. The normalized spacial score (nSPS) is 13.4. The minimum Gasteiger partial charge on any atom is -0.440 e. The van der Waals surface area contributed by atoms with Gasteiger partial charge in [-0.2, -0.15) is 5.26 Å². The molecule has 0 saturated heterocycles. The Morgan fingerprint density at radius 3 is 2.65 bits per heavy atom. The first-order chi connectivity index (χ1) is 9.63. The van der Waals surface area contributed by atoms with Crippen LogP contribution < -0.4 is 0 Å². The molecule has 0 aliphatic carbocycles. The fourth-order valence-corrected chi connectivity index (χ4v) is 1.42. The van der Waals surface area contributed by atoms with Crippen LogP contribution >= 0.6 is 0 Å². The van der Waals surface area contributed by atoms with Crippen molar-refractivity contribution in [3.63, 3.8) is 0 Å². The van der Waals surface area contributed by atoms with E-state index in [-0.39, 0.29) is 6.42 Å². The van der Waals surface area contributed by atoms with Crippen LogP contribution in [0.5, 0.6) is 0 Å². The van der Waals surface area contributed by atoms with E-state index in [1.165, 1.54) is 0 Å². The molecular formula is C16H25N3O. The van der Waals surface area contributed by atoms with Crippen LogP contribution in [0.2, 0.25) is 0 Å². The molecule has 0 heterocycles. The Hall–Kier alpha value is -1.86. The molecule has 0 radical (unpaired) electrons. The number of aliphatic imine (C=N–C) groups is 1. The summed E-state index contributed by atoms with van der Waals surface area (Å²) in [6, 6.07) is 2.05. The molecule has 110 valence electrons. The number of allylic oxidation sites excluding steroid dienone is 4. The highest BCUT2D eigenvalue weighted by Crippen LogP contribution is 2.10. The lowest BCUT2D eigenvalue weighted by Gasteiger charge is -2.07. The summed E-state index contributed by atoms with van der Waals surface area (Å²) in [5.74, 6) is 1.20. The fourth-order valence-electron chi connectivity index (χ4n) is 1.42. The lowest BCUT2D eigenvalue weighted by Crippen LogP contribution is -2.12. The molecule has 0 spiro atoms. The summed E-state index contributed by atoms with van der Waals surface area (Å²) in [7, 11) is 4.14. The molecule has 0 amide bonds. The van der Waals surface area contributed by atoms with Gasteiger partial charge < -0.3 is 9.64 Å². The summed E-state index contributed by atoms with van der Waals surface area (Å²) < 4.78 is 5.65. The molecule has 4 heteroatoms. The van der Waals surface area contributed by atoms with Gasteiger partial charge in [0.2, 0.25) is 5.88 Å². The first-order valence-corrected chi connectivity index (χ1v) is 6.85. The quantitative estimate of drug-likeness (QED) is 0.279. The zero-order valence-corrected chi connectivity index (χ0v) is 13.0. The molecule has 0 N–H and O–H groups in total. The second kappa shape index (κ2) is 12.2. The van der Waals surface area contributed by atoms with Crippen molar-refractivity contribution in [3.8, 4) is 6.07 Å². The maximum atomic E-state index is 8.59. The molecular weight excluding hydrogens is 250 g/mol.